The molecule has 5 heteroatoms. The van der Waals surface area contributed by atoms with Crippen molar-refractivity contribution in [2.45, 2.75) is 31.2 Å². The molecule has 2 bridgehead atoms. The number of rotatable bonds is 2. The first-order chi connectivity index (χ1) is 13.1. The van der Waals surface area contributed by atoms with E-state index in [0.29, 0.717) is 34.9 Å². The van der Waals surface area contributed by atoms with Crippen molar-refractivity contribution >= 4 is 27.6 Å². The molecule has 5 rings (SSSR count). The van der Waals surface area contributed by atoms with Crippen LogP contribution in [0.5, 0.6) is 0 Å². The first-order valence-electron chi connectivity index (χ1n) is 9.50. The van der Waals surface area contributed by atoms with Crippen molar-refractivity contribution in [1.82, 2.24) is 0 Å². The number of nitrogens with one attached hydrogen (secondary N) is 1. The van der Waals surface area contributed by atoms with Gasteiger partial charge in [0.2, 0.25) is 0 Å². The monoisotopic (exact) mass is 429 g/mol. The van der Waals surface area contributed by atoms with Crippen LogP contribution in [0.1, 0.15) is 52.7 Å². The third-order valence-corrected chi connectivity index (χ3v) is 7.26. The van der Waals surface area contributed by atoms with Crippen molar-refractivity contribution in [3.8, 4) is 0 Å². The number of anilines is 1. The molecule has 0 saturated heterocycles. The zero-order valence-electron chi connectivity index (χ0n) is 15.0. The second kappa shape index (κ2) is 6.33. The van der Waals surface area contributed by atoms with Gasteiger partial charge < -0.3 is 10.1 Å². The van der Waals surface area contributed by atoms with Crippen LogP contribution in [0, 0.1) is 23.6 Å². The lowest BCUT2D eigenvalue weighted by Crippen LogP contribution is -2.36. The van der Waals surface area contributed by atoms with Gasteiger partial charge in [0.15, 0.2) is 0 Å². The maximum atomic E-state index is 14.8. The highest BCUT2D eigenvalue weighted by molar-refractivity contribution is 9.10. The van der Waals surface area contributed by atoms with Gasteiger partial charge in [-0.3, -0.25) is 0 Å². The molecule has 0 aromatic heterocycles. The fraction of sp³-hybridized carbons (Fsp3) is 0.409. The topological polar surface area (TPSA) is 38.3 Å². The van der Waals surface area contributed by atoms with Crippen molar-refractivity contribution in [3.05, 3.63) is 63.4 Å². The average Bonchev–Trinajstić information content (AvgIpc) is 3.29. The Morgan fingerprint density at radius 2 is 1.93 bits per heavy atom. The zero-order chi connectivity index (χ0) is 18.7. The van der Waals surface area contributed by atoms with Crippen molar-refractivity contribution in [3.63, 3.8) is 0 Å². The van der Waals surface area contributed by atoms with E-state index in [0.717, 1.165) is 15.6 Å². The second-order valence-corrected chi connectivity index (χ2v) is 8.94. The maximum Gasteiger partial charge on any atom is 0.337 e. The number of fused-ring (bicyclic) bond motifs is 7. The molecule has 140 valence electrons. The van der Waals surface area contributed by atoms with Crippen molar-refractivity contribution in [1.29, 1.82) is 0 Å². The van der Waals surface area contributed by atoms with Crippen LogP contribution in [0.3, 0.4) is 0 Å². The molecule has 3 nitrogen and oxygen atoms in total. The first kappa shape index (κ1) is 17.2. The molecule has 3 aliphatic rings. The fourth-order valence-corrected chi connectivity index (χ4v) is 6.23. The van der Waals surface area contributed by atoms with Crippen LogP contribution < -0.4 is 5.32 Å². The van der Waals surface area contributed by atoms with E-state index < -0.39 is 0 Å². The van der Waals surface area contributed by atoms with Gasteiger partial charge in [-0.2, -0.15) is 0 Å². The normalized spacial score (nSPS) is 30.4. The number of methoxy groups -OCH3 is 1. The predicted molar refractivity (Wildman–Crippen MR) is 105 cm³/mol. The van der Waals surface area contributed by atoms with Gasteiger partial charge in [-0.05, 0) is 78.3 Å². The minimum atomic E-state index is -0.336. The van der Waals surface area contributed by atoms with Crippen LogP contribution in [0.25, 0.3) is 0 Å². The van der Waals surface area contributed by atoms with Gasteiger partial charge in [-0.25, -0.2) is 9.18 Å². The van der Waals surface area contributed by atoms with Crippen LogP contribution in [-0.2, 0) is 4.74 Å². The molecule has 2 fully saturated rings. The van der Waals surface area contributed by atoms with Crippen LogP contribution in [-0.4, -0.2) is 13.1 Å². The van der Waals surface area contributed by atoms with Crippen LogP contribution >= 0.6 is 15.9 Å². The number of carbonyl (C=O) groups is 1. The third-order valence-electron chi connectivity index (χ3n) is 6.80. The number of ether oxygens (including phenoxy) is 1. The number of benzene rings is 2. The Morgan fingerprint density at radius 1 is 1.19 bits per heavy atom. The molecule has 0 amide bonds. The molecule has 1 heterocycles. The maximum absolute atomic E-state index is 14.8. The van der Waals surface area contributed by atoms with Gasteiger partial charge in [-0.15, -0.1) is 0 Å². The van der Waals surface area contributed by atoms with Gasteiger partial charge in [-0.1, -0.05) is 28.1 Å². The van der Waals surface area contributed by atoms with E-state index in [9.17, 15) is 9.18 Å². The highest BCUT2D eigenvalue weighted by Crippen LogP contribution is 2.64. The summed E-state index contributed by atoms with van der Waals surface area (Å²) in [4.78, 5) is 11.7. The predicted octanol–water partition coefficient (Wildman–Crippen LogP) is 5.67. The molecule has 5 atom stereocenters. The molecule has 0 unspecified atom stereocenters. The number of esters is 1. The summed E-state index contributed by atoms with van der Waals surface area (Å²) in [5.41, 5.74) is 3.42. The van der Waals surface area contributed by atoms with E-state index in [1.54, 1.807) is 12.1 Å². The lowest BCUT2D eigenvalue weighted by Gasteiger charge is -2.43. The largest absolute Gasteiger partial charge is 0.465 e. The average molecular weight is 430 g/mol. The fourth-order valence-electron chi connectivity index (χ4n) is 5.79. The molecule has 2 aromatic carbocycles. The van der Waals surface area contributed by atoms with Crippen molar-refractivity contribution in [2.24, 2.45) is 17.8 Å². The number of halogens is 2. The summed E-state index contributed by atoms with van der Waals surface area (Å²) in [6.07, 6.45) is 3.74. The third kappa shape index (κ3) is 2.62. The Balaban J connectivity index is 1.58. The van der Waals surface area contributed by atoms with Gasteiger partial charge in [0, 0.05) is 4.47 Å². The smallest absolute Gasteiger partial charge is 0.337 e. The Morgan fingerprint density at radius 3 is 2.67 bits per heavy atom. The summed E-state index contributed by atoms with van der Waals surface area (Å²) in [7, 11) is 1.39. The zero-order valence-corrected chi connectivity index (χ0v) is 16.6. The lowest BCUT2D eigenvalue weighted by atomic mass is 9.68. The summed E-state index contributed by atoms with van der Waals surface area (Å²) in [5, 5.41) is 3.52. The Bertz CT molecular complexity index is 913. The molecule has 2 aromatic rings. The molecule has 0 spiro atoms. The van der Waals surface area contributed by atoms with E-state index in [-0.39, 0.29) is 17.8 Å². The van der Waals surface area contributed by atoms with Crippen molar-refractivity contribution < 1.29 is 13.9 Å². The van der Waals surface area contributed by atoms with E-state index in [1.165, 1.54) is 32.4 Å². The Hall–Kier alpha value is -1.88. The number of hydrogen-bond donors (Lipinski definition) is 1. The minimum Gasteiger partial charge on any atom is -0.465 e. The molecular weight excluding hydrogens is 409 g/mol. The molecule has 2 saturated carbocycles. The summed E-state index contributed by atoms with van der Waals surface area (Å²) in [6.45, 7) is 0. The molecule has 0 radical (unpaired) electrons. The van der Waals surface area contributed by atoms with E-state index >= 15 is 0 Å². The van der Waals surface area contributed by atoms with Crippen LogP contribution in [0.15, 0.2) is 40.9 Å². The summed E-state index contributed by atoms with van der Waals surface area (Å²) >= 11 is 3.47. The highest BCUT2D eigenvalue weighted by Gasteiger charge is 2.54. The van der Waals surface area contributed by atoms with Gasteiger partial charge in [0.1, 0.15) is 5.82 Å². The summed E-state index contributed by atoms with van der Waals surface area (Å²) in [6, 6.07) is 11.3. The highest BCUT2D eigenvalue weighted by atomic mass is 79.9. The molecule has 2 aliphatic carbocycles. The summed E-state index contributed by atoms with van der Waals surface area (Å²) < 4.78 is 20.4. The van der Waals surface area contributed by atoms with E-state index in [2.05, 4.69) is 27.3 Å². The number of hydrogen-bond acceptors (Lipinski definition) is 3. The van der Waals surface area contributed by atoms with Gasteiger partial charge in [0.25, 0.3) is 0 Å². The first-order valence-corrected chi connectivity index (χ1v) is 10.3. The SMILES string of the molecule is COC(=O)c1ccc([C@@H]2Nc3c(F)cc(Br)cc3[C@H]3[C@H]4CC[C@@H](C4)[C@H]32)cc1. The Kier molecular flexibility index (Phi) is 4.04. The van der Waals surface area contributed by atoms with E-state index in [4.69, 9.17) is 4.74 Å². The number of carbonyl (C=O) groups excluding carboxylic acids is 1. The van der Waals surface area contributed by atoms with E-state index in [1.807, 2.05) is 12.1 Å². The van der Waals surface area contributed by atoms with Crippen LogP contribution in [0.4, 0.5) is 10.1 Å². The van der Waals surface area contributed by atoms with Crippen LogP contribution in [0.2, 0.25) is 0 Å². The second-order valence-electron chi connectivity index (χ2n) is 8.02. The lowest BCUT2D eigenvalue weighted by molar-refractivity contribution is 0.0600. The summed E-state index contributed by atoms with van der Waals surface area (Å²) in [5.74, 6) is 1.65. The molecule has 1 aliphatic heterocycles. The van der Waals surface area contributed by atoms with Gasteiger partial charge in [0.05, 0.1) is 24.4 Å². The molecule has 27 heavy (non-hydrogen) atoms. The molecular formula is C22H21BrFNO2. The quantitative estimate of drug-likeness (QED) is 0.624. The van der Waals surface area contributed by atoms with Crippen molar-refractivity contribution in [2.75, 3.05) is 12.4 Å². The Labute approximate surface area is 166 Å². The van der Waals surface area contributed by atoms with Gasteiger partial charge >= 0.3 is 5.97 Å². The standard InChI is InChI=1S/C22H21BrFNO2/c1-27-22(26)12-4-2-11(3-5-12)20-19-14-7-6-13(8-14)18(19)16-9-15(23)10-17(24)21(16)25-20/h2-5,9-10,13-14,18-20,25H,6-8H2,1H3/t13-,14-,18+,19+,20-/m0/s1. The minimum absolute atomic E-state index is 0.0696. The molecule has 1 N–H and O–H groups in total.